The van der Waals surface area contributed by atoms with Crippen LogP contribution >= 0.6 is 0 Å². The number of benzene rings is 10. The molecular formula is C67H51N. The predicted molar refractivity (Wildman–Crippen MR) is 284 cm³/mol. The molecule has 1 heteroatoms. The predicted octanol–water partition coefficient (Wildman–Crippen LogP) is 17.5. The van der Waals surface area contributed by atoms with Crippen LogP contribution in [0.15, 0.2) is 237 Å². The Morgan fingerprint density at radius 2 is 0.676 bits per heavy atom. The van der Waals surface area contributed by atoms with Gasteiger partial charge in [-0.15, -0.1) is 0 Å². The van der Waals surface area contributed by atoms with Gasteiger partial charge in [-0.2, -0.15) is 0 Å². The quantitative estimate of drug-likeness (QED) is 0.154. The van der Waals surface area contributed by atoms with Gasteiger partial charge in [-0.3, -0.25) is 0 Å². The summed E-state index contributed by atoms with van der Waals surface area (Å²) in [6, 6.07) is 88.6. The van der Waals surface area contributed by atoms with E-state index in [-0.39, 0.29) is 10.8 Å². The van der Waals surface area contributed by atoms with Gasteiger partial charge in [-0.25, -0.2) is 0 Å². The van der Waals surface area contributed by atoms with Crippen molar-refractivity contribution in [3.63, 3.8) is 0 Å². The summed E-state index contributed by atoms with van der Waals surface area (Å²) in [5.74, 6) is 0. The van der Waals surface area contributed by atoms with Crippen molar-refractivity contribution in [3.8, 4) is 55.6 Å². The molecule has 10 aromatic rings. The minimum absolute atomic E-state index is 0.0536. The molecule has 0 aromatic heterocycles. The highest BCUT2D eigenvalue weighted by molar-refractivity contribution is 5.96. The second-order valence-corrected chi connectivity index (χ2v) is 20.0. The van der Waals surface area contributed by atoms with Gasteiger partial charge in [-0.1, -0.05) is 222 Å². The Labute approximate surface area is 400 Å². The highest BCUT2D eigenvalue weighted by Crippen LogP contribution is 2.59. The minimum atomic E-state index is -0.449. The van der Waals surface area contributed by atoms with E-state index < -0.39 is 5.41 Å². The van der Waals surface area contributed by atoms with Crippen LogP contribution < -0.4 is 4.90 Å². The monoisotopic (exact) mass is 869 g/mol. The van der Waals surface area contributed by atoms with Crippen LogP contribution in [-0.2, 0) is 16.2 Å². The van der Waals surface area contributed by atoms with Gasteiger partial charge < -0.3 is 4.90 Å². The van der Waals surface area contributed by atoms with Crippen molar-refractivity contribution >= 4 is 17.1 Å². The van der Waals surface area contributed by atoms with E-state index in [0.717, 1.165) is 17.1 Å². The summed E-state index contributed by atoms with van der Waals surface area (Å²) in [5.41, 5.74) is 26.3. The zero-order valence-corrected chi connectivity index (χ0v) is 39.0. The summed E-state index contributed by atoms with van der Waals surface area (Å²) in [4.78, 5) is 2.44. The fourth-order valence-corrected chi connectivity index (χ4v) is 12.5. The molecule has 324 valence electrons. The molecule has 0 amide bonds. The Balaban J connectivity index is 0.931. The van der Waals surface area contributed by atoms with E-state index in [4.69, 9.17) is 0 Å². The van der Waals surface area contributed by atoms with Crippen molar-refractivity contribution in [1.29, 1.82) is 0 Å². The molecule has 10 aromatic carbocycles. The number of hydrogen-bond acceptors (Lipinski definition) is 1. The SMILES string of the molecule is CC1(C)c2ccccc2-c2ccc(-c3ccc(N(c4ccc(-c5cccc6c5-c5ccccc5C6(c5ccccc5)c5ccccc5)cc4)c4ccc5c(c4)C(C)(C)c4ccccc4-5)cc3)cc21. The zero-order chi connectivity index (χ0) is 45.8. The van der Waals surface area contributed by atoms with Crippen molar-refractivity contribution < 1.29 is 0 Å². The zero-order valence-electron chi connectivity index (χ0n) is 39.0. The first-order valence-corrected chi connectivity index (χ1v) is 24.1. The average molecular weight is 870 g/mol. The van der Waals surface area contributed by atoms with Gasteiger partial charge in [-0.05, 0) is 143 Å². The maximum Gasteiger partial charge on any atom is 0.0713 e. The second-order valence-electron chi connectivity index (χ2n) is 20.0. The minimum Gasteiger partial charge on any atom is -0.310 e. The summed E-state index contributed by atoms with van der Waals surface area (Å²) in [5, 5.41) is 0. The third-order valence-electron chi connectivity index (χ3n) is 15.8. The molecule has 0 fully saturated rings. The van der Waals surface area contributed by atoms with Crippen molar-refractivity contribution in [2.75, 3.05) is 4.90 Å². The van der Waals surface area contributed by atoms with Gasteiger partial charge in [0.05, 0.1) is 5.41 Å². The summed E-state index contributed by atoms with van der Waals surface area (Å²) in [6.07, 6.45) is 0. The molecule has 0 radical (unpaired) electrons. The lowest BCUT2D eigenvalue weighted by Crippen LogP contribution is -2.28. The molecule has 0 heterocycles. The summed E-state index contributed by atoms with van der Waals surface area (Å²) in [7, 11) is 0. The maximum absolute atomic E-state index is 2.44. The van der Waals surface area contributed by atoms with Crippen LogP contribution in [0, 0.1) is 0 Å². The average Bonchev–Trinajstić information content (AvgIpc) is 3.92. The van der Waals surface area contributed by atoms with Gasteiger partial charge in [0.25, 0.3) is 0 Å². The summed E-state index contributed by atoms with van der Waals surface area (Å²) in [6.45, 7) is 9.45. The topological polar surface area (TPSA) is 3.24 Å². The van der Waals surface area contributed by atoms with Gasteiger partial charge in [0.2, 0.25) is 0 Å². The second kappa shape index (κ2) is 15.0. The third-order valence-corrected chi connectivity index (χ3v) is 15.8. The molecule has 3 aliphatic carbocycles. The fraction of sp³-hybridized carbons (Fsp3) is 0.104. The van der Waals surface area contributed by atoms with Crippen molar-refractivity contribution in [1.82, 2.24) is 0 Å². The third kappa shape index (κ3) is 5.75. The van der Waals surface area contributed by atoms with Crippen LogP contribution in [-0.4, -0.2) is 0 Å². The van der Waals surface area contributed by atoms with Gasteiger partial charge in [0, 0.05) is 27.9 Å². The Morgan fingerprint density at radius 1 is 0.265 bits per heavy atom. The Kier molecular flexibility index (Phi) is 8.89. The first kappa shape index (κ1) is 40.3. The van der Waals surface area contributed by atoms with Crippen molar-refractivity contribution in [2.45, 2.75) is 43.9 Å². The summed E-state index contributed by atoms with van der Waals surface area (Å²) < 4.78 is 0. The van der Waals surface area contributed by atoms with E-state index in [0.29, 0.717) is 0 Å². The lowest BCUT2D eigenvalue weighted by molar-refractivity contribution is 0.660. The van der Waals surface area contributed by atoms with Crippen LogP contribution in [0.3, 0.4) is 0 Å². The number of nitrogens with zero attached hydrogens (tertiary/aromatic N) is 1. The van der Waals surface area contributed by atoms with E-state index >= 15 is 0 Å². The fourth-order valence-electron chi connectivity index (χ4n) is 12.5. The molecule has 0 unspecified atom stereocenters. The lowest BCUT2D eigenvalue weighted by atomic mass is 9.67. The molecule has 13 rings (SSSR count). The number of fused-ring (bicyclic) bond motifs is 9. The summed E-state index contributed by atoms with van der Waals surface area (Å²) >= 11 is 0. The van der Waals surface area contributed by atoms with Gasteiger partial charge in [0.15, 0.2) is 0 Å². The molecule has 0 spiro atoms. The molecular weight excluding hydrogens is 819 g/mol. The first-order chi connectivity index (χ1) is 33.2. The number of rotatable bonds is 7. The van der Waals surface area contributed by atoms with Gasteiger partial charge >= 0.3 is 0 Å². The van der Waals surface area contributed by atoms with Crippen LogP contribution in [0.1, 0.15) is 72.2 Å². The van der Waals surface area contributed by atoms with E-state index in [1.165, 1.54) is 100 Å². The van der Waals surface area contributed by atoms with Crippen molar-refractivity contribution in [3.05, 3.63) is 281 Å². The largest absolute Gasteiger partial charge is 0.310 e. The standard InChI is InChI=1S/C67H51N/c1-65(2)58-26-14-11-22-53(58)55-40-34-46(42-62(55)65)44-30-35-49(36-31-44)68(51-39-41-56-54-23-12-15-27-59(54)66(3,4)63(56)43-51)50-37-32-45(33-38-50)52-25-17-29-61-64(52)57-24-13-16-28-60(57)67(61,47-18-7-5-8-19-47)48-20-9-6-10-21-48/h5-43H,1-4H3. The van der Waals surface area contributed by atoms with E-state index in [1.54, 1.807) is 0 Å². The van der Waals surface area contributed by atoms with Crippen LogP contribution in [0.5, 0.6) is 0 Å². The molecule has 3 aliphatic rings. The van der Waals surface area contributed by atoms with Crippen LogP contribution in [0.25, 0.3) is 55.6 Å². The van der Waals surface area contributed by atoms with E-state index in [9.17, 15) is 0 Å². The molecule has 0 N–H and O–H groups in total. The van der Waals surface area contributed by atoms with Crippen LogP contribution in [0.4, 0.5) is 17.1 Å². The molecule has 0 atom stereocenters. The smallest absolute Gasteiger partial charge is 0.0713 e. The first-order valence-electron chi connectivity index (χ1n) is 24.1. The molecule has 0 saturated carbocycles. The number of anilines is 3. The highest BCUT2D eigenvalue weighted by Gasteiger charge is 2.47. The van der Waals surface area contributed by atoms with Crippen molar-refractivity contribution in [2.24, 2.45) is 0 Å². The lowest BCUT2D eigenvalue weighted by Gasteiger charge is -2.34. The highest BCUT2D eigenvalue weighted by atomic mass is 15.1. The molecule has 0 saturated heterocycles. The maximum atomic E-state index is 2.44. The molecule has 0 bridgehead atoms. The molecule has 0 aliphatic heterocycles. The Bertz CT molecular complexity index is 3560. The molecule has 1 nitrogen and oxygen atoms in total. The normalized spacial score (nSPS) is 14.8. The Morgan fingerprint density at radius 3 is 1.26 bits per heavy atom. The number of hydrogen-bond donors (Lipinski definition) is 0. The van der Waals surface area contributed by atoms with Gasteiger partial charge in [0.1, 0.15) is 0 Å². The van der Waals surface area contributed by atoms with E-state index in [1.807, 2.05) is 0 Å². The Hall–Kier alpha value is -8.00. The van der Waals surface area contributed by atoms with Crippen LogP contribution in [0.2, 0.25) is 0 Å². The van der Waals surface area contributed by atoms with E-state index in [2.05, 4.69) is 269 Å². The molecule has 68 heavy (non-hydrogen) atoms.